The van der Waals surface area contributed by atoms with Gasteiger partial charge in [0.25, 0.3) is 17.7 Å². The van der Waals surface area contributed by atoms with Gasteiger partial charge in [0.05, 0.1) is 49.9 Å². The standard InChI is InChI=1S/C24H33N3O2S.C19H23ClN2O2S.C18H21ClN2O2S.C10H12ClNOS.C8H12BrNO2.C8H13NO2/c1-17-7-5-12-27(17)13-6-14-29-19-10-8-18(9-11-19)22-25-20-15-24(2,3)16-26(4)23(28)21(20)30-22;1-19(2)11-15-16(18(23)22(3)12-19)25-17(21-15)13-5-7-14(8-6-13)24-10-4-9-20;1-18(2)10-14-15(16(22)20-11-18)24-17(21-14)12-4-6-13(7-5-12)23-9-3-8-19;11-6-1-7-13-9-4-2-8(3-5-9)10(12)14;1-8(2)3-5(11)6(9)7(12)10-4-8;1-8(2)4-6(10)3-7(11)9-5-8/h8-11,17H,5-7,12-16H2,1-4H3;5-8H,4,9-12H2,1-3H3;4-7H,3,8-11H2,1-2H3,(H,20,22);2-5H,1,6-7H2,(H2,12,14);6H,3-4H2,1-2H3,(H,10,12);3-5H2,1-2H3,(H,9,11). The van der Waals surface area contributed by atoms with E-state index in [4.69, 9.17) is 86.7 Å². The average molecular weight is 1790 g/mol. The molecule has 21 nitrogen and oxygen atoms in total. The summed E-state index contributed by atoms with van der Waals surface area (Å²) in [6, 6.07) is 31.9. The largest absolute Gasteiger partial charge is 0.494 e. The van der Waals surface area contributed by atoms with Gasteiger partial charge in [-0.2, -0.15) is 0 Å². The molecule has 2 unspecified atom stereocenters. The van der Waals surface area contributed by atoms with Crippen molar-refractivity contribution in [2.45, 2.75) is 164 Å². The topological polar surface area (TPSA) is 267 Å². The summed E-state index contributed by atoms with van der Waals surface area (Å²) in [5.41, 5.74) is 12.0. The van der Waals surface area contributed by atoms with Crippen molar-refractivity contribution in [2.75, 3.05) is 104 Å². The van der Waals surface area contributed by atoms with Crippen molar-refractivity contribution in [2.24, 2.45) is 32.8 Å². The third kappa shape index (κ3) is 29.4. The number of ketones is 2. The number of nitrogens with one attached hydrogen (secondary N) is 3. The molecule has 3 saturated heterocycles. The second-order valence-corrected chi connectivity index (χ2v) is 39.5. The monoisotopic (exact) mass is 1790 g/mol. The first-order valence-electron chi connectivity index (χ1n) is 39.5. The average Bonchev–Trinajstić information content (AvgIpc) is 1.65. The number of ether oxygens (including phenoxy) is 4. The Bertz CT molecular complexity index is 4460. The summed E-state index contributed by atoms with van der Waals surface area (Å²) in [6.45, 7) is 31.6. The molecule has 9 heterocycles. The van der Waals surface area contributed by atoms with Gasteiger partial charge < -0.3 is 55.3 Å². The second-order valence-electron chi connectivity index (χ2n) is 34.0. The number of hydrogen-bond acceptors (Lipinski definition) is 19. The lowest BCUT2D eigenvalue weighted by atomic mass is 9.88. The molecular weight excluding hydrogens is 1680 g/mol. The first kappa shape index (κ1) is 94.3. The molecule has 0 bridgehead atoms. The summed E-state index contributed by atoms with van der Waals surface area (Å²) >= 11 is 29.2. The summed E-state index contributed by atoms with van der Waals surface area (Å²) in [4.78, 5) is 105. The molecule has 0 radical (unpaired) electrons. The van der Waals surface area contributed by atoms with Crippen LogP contribution in [0.25, 0.3) is 31.7 Å². The fourth-order valence-electron chi connectivity index (χ4n) is 13.7. The summed E-state index contributed by atoms with van der Waals surface area (Å²) in [6.07, 6.45) is 9.65. The Labute approximate surface area is 725 Å². The molecule has 0 spiro atoms. The number of benzene rings is 4. The van der Waals surface area contributed by atoms with E-state index in [0.29, 0.717) is 74.9 Å². The molecule has 6 aliphatic rings. The number of nitrogens with zero attached hydrogens (tertiary/aromatic N) is 6. The number of halogens is 4. The van der Waals surface area contributed by atoms with Gasteiger partial charge in [-0.15, -0.1) is 68.8 Å². The number of nitrogens with two attached hydrogens (primary N) is 1. The van der Waals surface area contributed by atoms with Gasteiger partial charge in [0.15, 0.2) is 10.6 Å². The summed E-state index contributed by atoms with van der Waals surface area (Å²) in [5.74, 6) is 4.97. The minimum atomic E-state index is -0.653. The van der Waals surface area contributed by atoms with Crippen LogP contribution in [0.4, 0.5) is 0 Å². The zero-order valence-electron chi connectivity index (χ0n) is 69.2. The number of likely N-dealkylation sites (tertiary alicyclic amines) is 1. The number of Topliss-reactive ketones (excluding diaryl/α,β-unsaturated/α-hetero) is 2. The van der Waals surface area contributed by atoms with Crippen molar-refractivity contribution in [1.29, 1.82) is 0 Å². The van der Waals surface area contributed by atoms with Crippen LogP contribution < -0.4 is 40.6 Å². The smallest absolute Gasteiger partial charge is 0.265 e. The van der Waals surface area contributed by atoms with Crippen LogP contribution in [0.1, 0.15) is 186 Å². The zero-order valence-corrected chi connectivity index (χ0v) is 76.3. The van der Waals surface area contributed by atoms with E-state index >= 15 is 0 Å². The van der Waals surface area contributed by atoms with Gasteiger partial charge in [0.2, 0.25) is 11.8 Å². The van der Waals surface area contributed by atoms with Gasteiger partial charge >= 0.3 is 0 Å². The van der Waals surface area contributed by atoms with Crippen LogP contribution >= 0.6 is 97.0 Å². The number of thiocarbonyl (C=S) groups is 1. The number of carbonyl (C=O) groups is 7. The van der Waals surface area contributed by atoms with Gasteiger partial charge in [0.1, 0.15) is 63.4 Å². The lowest BCUT2D eigenvalue weighted by molar-refractivity contribution is -0.128. The first-order valence-corrected chi connectivity index (χ1v) is 44.9. The molecular formula is C87H114BrCl3N10O11S4. The van der Waals surface area contributed by atoms with Crippen LogP contribution in [0.5, 0.6) is 23.0 Å². The summed E-state index contributed by atoms with van der Waals surface area (Å²) < 4.78 is 22.6. The Hall–Kier alpha value is -7.14. The third-order valence-electron chi connectivity index (χ3n) is 19.7. The van der Waals surface area contributed by atoms with Crippen LogP contribution in [0, 0.1) is 27.1 Å². The normalized spacial score (nSPS) is 19.0. The molecule has 0 aliphatic carbocycles. The first-order chi connectivity index (χ1) is 54.9. The van der Waals surface area contributed by atoms with Crippen LogP contribution in [-0.4, -0.2) is 191 Å². The van der Waals surface area contributed by atoms with Crippen molar-refractivity contribution < 1.29 is 52.5 Å². The van der Waals surface area contributed by atoms with Crippen LogP contribution in [0.2, 0.25) is 0 Å². The van der Waals surface area contributed by atoms with Gasteiger partial charge in [-0.3, -0.25) is 33.6 Å². The van der Waals surface area contributed by atoms with Crippen LogP contribution in [0.3, 0.4) is 0 Å². The van der Waals surface area contributed by atoms with Crippen LogP contribution in [0.15, 0.2) is 97.1 Å². The molecule has 116 heavy (non-hydrogen) atoms. The maximum absolute atomic E-state index is 12.8. The highest BCUT2D eigenvalue weighted by Gasteiger charge is 2.38. The number of rotatable bonds is 21. The molecule has 5 N–H and O–H groups in total. The maximum atomic E-state index is 12.8. The molecule has 4 aromatic carbocycles. The van der Waals surface area contributed by atoms with Gasteiger partial charge in [-0.1, -0.05) is 97.4 Å². The van der Waals surface area contributed by atoms with Crippen molar-refractivity contribution in [1.82, 2.24) is 45.6 Å². The van der Waals surface area contributed by atoms with Gasteiger partial charge in [0, 0.05) is 112 Å². The minimum Gasteiger partial charge on any atom is -0.494 e. The predicted octanol–water partition coefficient (Wildman–Crippen LogP) is 17.0. The molecule has 6 aliphatic heterocycles. The number of alkyl halides is 4. The molecule has 3 fully saturated rings. The zero-order chi connectivity index (χ0) is 84.7. The Kier molecular flexibility index (Phi) is 35.6. The molecule has 630 valence electrons. The predicted molar refractivity (Wildman–Crippen MR) is 477 cm³/mol. The van der Waals surface area contributed by atoms with E-state index in [1.165, 1.54) is 53.4 Å². The minimum absolute atomic E-state index is 0.0136. The number of fused-ring (bicyclic) bond motifs is 3. The Morgan fingerprint density at radius 1 is 0.517 bits per heavy atom. The summed E-state index contributed by atoms with van der Waals surface area (Å²) in [7, 11) is 3.75. The van der Waals surface area contributed by atoms with E-state index in [1.807, 2.05) is 137 Å². The van der Waals surface area contributed by atoms with Gasteiger partial charge in [-0.25, -0.2) is 15.0 Å². The molecule has 13 rings (SSSR count). The van der Waals surface area contributed by atoms with Crippen molar-refractivity contribution in [3.05, 3.63) is 134 Å². The molecule has 5 amide bonds. The van der Waals surface area contributed by atoms with E-state index in [-0.39, 0.29) is 74.6 Å². The number of thiazole rings is 3. The quantitative estimate of drug-likeness (QED) is 0.0225. The Morgan fingerprint density at radius 2 is 0.888 bits per heavy atom. The lowest BCUT2D eigenvalue weighted by Gasteiger charge is -2.26. The Balaban J connectivity index is 0.000000180. The number of hydrogen-bond donors (Lipinski definition) is 4. The molecule has 7 aromatic rings. The Morgan fingerprint density at radius 3 is 1.30 bits per heavy atom. The fourth-order valence-corrected chi connectivity index (χ4v) is 17.7. The highest BCUT2D eigenvalue weighted by atomic mass is 79.9. The molecule has 2 atom stereocenters. The summed E-state index contributed by atoms with van der Waals surface area (Å²) in [5, 5.41) is 11.1. The van der Waals surface area contributed by atoms with E-state index in [2.05, 4.69) is 97.4 Å². The van der Waals surface area contributed by atoms with Crippen molar-refractivity contribution in [3.63, 3.8) is 0 Å². The number of amides is 5. The van der Waals surface area contributed by atoms with E-state index in [1.54, 1.807) is 0 Å². The number of carbonyl (C=O) groups excluding carboxylic acids is 7. The molecule has 0 saturated carbocycles. The second kappa shape index (κ2) is 43.7. The van der Waals surface area contributed by atoms with E-state index < -0.39 is 4.83 Å². The maximum Gasteiger partial charge on any atom is 0.265 e. The van der Waals surface area contributed by atoms with Crippen LogP contribution in [-0.2, 0) is 38.4 Å². The third-order valence-corrected chi connectivity index (χ3v) is 25.1. The number of aromatic nitrogens is 3. The van der Waals surface area contributed by atoms with E-state index in [0.717, 1.165) is 169 Å². The van der Waals surface area contributed by atoms with E-state index in [9.17, 15) is 33.6 Å². The highest BCUT2D eigenvalue weighted by molar-refractivity contribution is 9.10. The van der Waals surface area contributed by atoms with Crippen molar-refractivity contribution >= 4 is 143 Å². The molecule has 3 aromatic heterocycles. The fraction of sp³-hybridized carbons (Fsp3) is 0.529. The van der Waals surface area contributed by atoms with Crippen molar-refractivity contribution in [3.8, 4) is 54.7 Å². The lowest BCUT2D eigenvalue weighted by Crippen LogP contribution is -2.34. The molecule has 29 heteroatoms. The highest BCUT2D eigenvalue weighted by Crippen LogP contribution is 2.40. The van der Waals surface area contributed by atoms with Gasteiger partial charge in [-0.05, 0) is 195 Å². The SMILES string of the molecule is CC1(C)CNC(=O)C(Br)C(=O)C1.CC1(C)CNC(=O)CC(=O)C1.CC1(C)CNC(=O)c2sc(-c3ccc(OCCCCl)cc3)nc2C1.CC1CCCN1CCCOc1ccc(-c2nc3c(s2)C(=O)N(C)CC(C)(C)C3)cc1.CN1CC(C)(C)Cc2nc(-c3ccc(OCCCCl)cc3)sc2C1=O.NC(=S)c1ccc(OCCCCl)cc1.